The molecule has 1 aliphatic heterocycles. The summed E-state index contributed by atoms with van der Waals surface area (Å²) >= 11 is 0. The first kappa shape index (κ1) is 22.2. The van der Waals surface area contributed by atoms with Gasteiger partial charge in [-0.25, -0.2) is 4.99 Å². The summed E-state index contributed by atoms with van der Waals surface area (Å²) in [6.45, 7) is 7.88. The first-order valence-corrected chi connectivity index (χ1v) is 11.6. The van der Waals surface area contributed by atoms with Gasteiger partial charge in [-0.05, 0) is 62.4 Å². The van der Waals surface area contributed by atoms with Gasteiger partial charge in [-0.15, -0.1) is 0 Å². The molecule has 3 aromatic rings. The third-order valence-corrected chi connectivity index (χ3v) is 6.16. The van der Waals surface area contributed by atoms with Crippen LogP contribution in [-0.2, 0) is 6.54 Å². The zero-order chi connectivity index (χ0) is 22.3. The minimum atomic E-state index is 0.00410. The molecule has 0 amide bonds. The van der Waals surface area contributed by atoms with Gasteiger partial charge in [0, 0.05) is 37.3 Å². The van der Waals surface area contributed by atoms with E-state index in [1.165, 1.54) is 11.3 Å². The molecule has 0 aliphatic carbocycles. The highest BCUT2D eigenvalue weighted by atomic mass is 16.3. The molecule has 1 saturated heterocycles. The van der Waals surface area contributed by atoms with Crippen molar-refractivity contribution in [2.45, 2.75) is 39.3 Å². The fourth-order valence-electron chi connectivity index (χ4n) is 4.17. The van der Waals surface area contributed by atoms with Crippen molar-refractivity contribution in [2.75, 3.05) is 31.1 Å². The first-order chi connectivity index (χ1) is 15.7. The van der Waals surface area contributed by atoms with Gasteiger partial charge in [-0.1, -0.05) is 30.3 Å². The molecule has 0 saturated carbocycles. The van der Waals surface area contributed by atoms with Gasteiger partial charge >= 0.3 is 0 Å². The molecule has 1 unspecified atom stereocenters. The molecule has 4 rings (SSSR count). The number of para-hydroxylation sites is 1. The van der Waals surface area contributed by atoms with E-state index < -0.39 is 0 Å². The van der Waals surface area contributed by atoms with Crippen molar-refractivity contribution in [1.29, 1.82) is 0 Å². The molecule has 6 nitrogen and oxygen atoms in total. The lowest BCUT2D eigenvalue weighted by molar-refractivity contribution is 0.203. The highest BCUT2D eigenvalue weighted by Gasteiger charge is 2.18. The molecular weight excluding hydrogens is 400 g/mol. The number of hydrogen-bond acceptors (Lipinski definition) is 4. The van der Waals surface area contributed by atoms with Crippen LogP contribution >= 0.6 is 0 Å². The molecule has 1 aromatic heterocycles. The summed E-state index contributed by atoms with van der Waals surface area (Å²) in [5.41, 5.74) is 3.32. The van der Waals surface area contributed by atoms with Gasteiger partial charge in [0.05, 0.1) is 12.6 Å². The largest absolute Gasteiger partial charge is 0.459 e. The SMILES string of the molecule is CCNC(=NCc1ccc(N2CCC(CO)CC2)cc1)NC(C)c1cc2ccccc2o1. The molecule has 0 spiro atoms. The average Bonchev–Trinajstić information content (AvgIpc) is 3.28. The van der Waals surface area contributed by atoms with E-state index >= 15 is 0 Å². The molecule has 1 atom stereocenters. The van der Waals surface area contributed by atoms with Crippen LogP contribution in [0.5, 0.6) is 0 Å². The second-order valence-corrected chi connectivity index (χ2v) is 8.53. The number of anilines is 1. The van der Waals surface area contributed by atoms with Gasteiger partial charge < -0.3 is 25.1 Å². The lowest BCUT2D eigenvalue weighted by Gasteiger charge is -2.32. The Bertz CT molecular complexity index is 987. The van der Waals surface area contributed by atoms with Gasteiger partial charge in [-0.3, -0.25) is 0 Å². The van der Waals surface area contributed by atoms with E-state index in [4.69, 9.17) is 9.41 Å². The molecule has 2 aromatic carbocycles. The fourth-order valence-corrected chi connectivity index (χ4v) is 4.17. The standard InChI is InChI=1S/C26H34N4O2/c1-3-27-26(29-19(2)25-16-22-6-4-5-7-24(22)32-25)28-17-20-8-10-23(11-9-20)30-14-12-21(18-31)13-15-30/h4-11,16,19,21,31H,3,12-15,17-18H2,1-2H3,(H2,27,28,29). The van der Waals surface area contributed by atoms with E-state index in [2.05, 4.69) is 65.8 Å². The van der Waals surface area contributed by atoms with Gasteiger partial charge in [-0.2, -0.15) is 0 Å². The van der Waals surface area contributed by atoms with Crippen LogP contribution in [0.3, 0.4) is 0 Å². The van der Waals surface area contributed by atoms with E-state index in [0.717, 1.165) is 55.2 Å². The maximum Gasteiger partial charge on any atom is 0.192 e. The summed E-state index contributed by atoms with van der Waals surface area (Å²) in [5, 5.41) is 17.2. The van der Waals surface area contributed by atoms with E-state index in [-0.39, 0.29) is 6.04 Å². The Morgan fingerprint density at radius 2 is 1.91 bits per heavy atom. The van der Waals surface area contributed by atoms with Gasteiger partial charge in [0.25, 0.3) is 0 Å². The number of fused-ring (bicyclic) bond motifs is 1. The molecule has 0 radical (unpaired) electrons. The Morgan fingerprint density at radius 1 is 1.16 bits per heavy atom. The summed E-state index contributed by atoms with van der Waals surface area (Å²) in [6.07, 6.45) is 2.12. The van der Waals surface area contributed by atoms with E-state index in [0.29, 0.717) is 19.1 Å². The number of aliphatic imine (C=N–C) groups is 1. The Kier molecular flexibility index (Phi) is 7.32. The van der Waals surface area contributed by atoms with Crippen molar-refractivity contribution in [3.8, 4) is 0 Å². The molecule has 6 heteroatoms. The molecule has 32 heavy (non-hydrogen) atoms. The van der Waals surface area contributed by atoms with E-state index in [1.54, 1.807) is 0 Å². The van der Waals surface area contributed by atoms with Crippen LogP contribution in [0.1, 0.15) is 44.1 Å². The predicted octanol–water partition coefficient (Wildman–Crippen LogP) is 4.46. The van der Waals surface area contributed by atoms with Crippen molar-refractivity contribution in [3.63, 3.8) is 0 Å². The summed E-state index contributed by atoms with van der Waals surface area (Å²) in [5.74, 6) is 2.13. The second-order valence-electron chi connectivity index (χ2n) is 8.53. The van der Waals surface area contributed by atoms with E-state index in [9.17, 15) is 5.11 Å². The first-order valence-electron chi connectivity index (χ1n) is 11.6. The number of piperidine rings is 1. The smallest absolute Gasteiger partial charge is 0.192 e. The van der Waals surface area contributed by atoms with Crippen molar-refractivity contribution < 1.29 is 9.52 Å². The van der Waals surface area contributed by atoms with Crippen LogP contribution in [0.2, 0.25) is 0 Å². The normalized spacial score (nSPS) is 16.3. The fraction of sp³-hybridized carbons (Fsp3) is 0.423. The number of aliphatic hydroxyl groups excluding tert-OH is 1. The lowest BCUT2D eigenvalue weighted by Crippen LogP contribution is -2.38. The van der Waals surface area contributed by atoms with Crippen LogP contribution < -0.4 is 15.5 Å². The highest BCUT2D eigenvalue weighted by Crippen LogP contribution is 2.24. The Morgan fingerprint density at radius 3 is 2.59 bits per heavy atom. The van der Waals surface area contributed by atoms with Crippen LogP contribution in [0.15, 0.2) is 64.0 Å². The number of furan rings is 1. The zero-order valence-electron chi connectivity index (χ0n) is 19.1. The number of nitrogens with one attached hydrogen (secondary N) is 2. The van der Waals surface area contributed by atoms with Crippen LogP contribution in [-0.4, -0.2) is 37.3 Å². The van der Waals surface area contributed by atoms with E-state index in [1.807, 2.05) is 18.2 Å². The number of aliphatic hydroxyl groups is 1. The summed E-state index contributed by atoms with van der Waals surface area (Å²) in [4.78, 5) is 7.18. The van der Waals surface area contributed by atoms with Gasteiger partial charge in [0.1, 0.15) is 11.3 Å². The molecule has 1 aliphatic rings. The molecular formula is C26H34N4O2. The van der Waals surface area contributed by atoms with Crippen molar-refractivity contribution >= 4 is 22.6 Å². The number of guanidine groups is 1. The lowest BCUT2D eigenvalue weighted by atomic mass is 9.97. The number of rotatable bonds is 7. The third kappa shape index (κ3) is 5.43. The second kappa shape index (κ2) is 10.6. The molecule has 1 fully saturated rings. The topological polar surface area (TPSA) is 73.0 Å². The molecule has 2 heterocycles. The van der Waals surface area contributed by atoms with Crippen molar-refractivity contribution in [1.82, 2.24) is 10.6 Å². The summed E-state index contributed by atoms with van der Waals surface area (Å²) < 4.78 is 5.99. The van der Waals surface area contributed by atoms with Crippen molar-refractivity contribution in [2.24, 2.45) is 10.9 Å². The Labute approximate surface area is 190 Å². The minimum absolute atomic E-state index is 0.00410. The quantitative estimate of drug-likeness (QED) is 0.378. The molecule has 0 bridgehead atoms. The summed E-state index contributed by atoms with van der Waals surface area (Å²) in [7, 11) is 0. The Hall–Kier alpha value is -2.99. The maximum atomic E-state index is 9.33. The average molecular weight is 435 g/mol. The Balaban J connectivity index is 1.37. The number of hydrogen-bond donors (Lipinski definition) is 3. The van der Waals surface area contributed by atoms with Gasteiger partial charge in [0.15, 0.2) is 5.96 Å². The monoisotopic (exact) mass is 434 g/mol. The van der Waals surface area contributed by atoms with Crippen molar-refractivity contribution in [3.05, 3.63) is 65.9 Å². The number of nitrogens with zero attached hydrogens (tertiary/aromatic N) is 2. The molecule has 3 N–H and O–H groups in total. The zero-order valence-corrected chi connectivity index (χ0v) is 19.1. The van der Waals surface area contributed by atoms with Crippen LogP contribution in [0.25, 0.3) is 11.0 Å². The number of benzene rings is 2. The van der Waals surface area contributed by atoms with Crippen LogP contribution in [0, 0.1) is 5.92 Å². The minimum Gasteiger partial charge on any atom is -0.459 e. The summed E-state index contributed by atoms with van der Waals surface area (Å²) in [6, 6.07) is 18.8. The van der Waals surface area contributed by atoms with Gasteiger partial charge in [0.2, 0.25) is 0 Å². The maximum absolute atomic E-state index is 9.33. The van der Waals surface area contributed by atoms with Crippen LogP contribution in [0.4, 0.5) is 5.69 Å². The highest BCUT2D eigenvalue weighted by molar-refractivity contribution is 5.81. The predicted molar refractivity (Wildman–Crippen MR) is 131 cm³/mol. The third-order valence-electron chi connectivity index (χ3n) is 6.16. The molecule has 170 valence electrons.